The molecule has 0 fully saturated rings. The first-order valence-corrected chi connectivity index (χ1v) is 23.4. The van der Waals surface area contributed by atoms with Crippen LogP contribution in [0.4, 0.5) is 60.5 Å². The standard InChI is InChI=1S/C62H42F6N2O2/c1-5-6-20-55-36(2)44-16-11-19-53(58(44)71-55)70(42-30-25-40(26-31-42)62(66,67)68)54-35-51-57(47-15-8-7-13-45(47)54)49-33-37-22-27-43(32-38(37)34-50(49)60(51,3)4)69(41-28-23-39(24-29-41)61(63,64)65)52-18-12-17-48-46-14-9-10-21-56(46)72-59(48)52/h5-35H,1H2,2-4H3/b20-6-. The van der Waals surface area contributed by atoms with Gasteiger partial charge in [0.25, 0.3) is 0 Å². The van der Waals surface area contributed by atoms with Crippen molar-refractivity contribution < 1.29 is 35.2 Å². The Morgan fingerprint density at radius 1 is 0.500 bits per heavy atom. The van der Waals surface area contributed by atoms with Crippen LogP contribution in [0.5, 0.6) is 0 Å². The van der Waals surface area contributed by atoms with Crippen LogP contribution in [0.25, 0.3) is 71.7 Å². The van der Waals surface area contributed by atoms with Gasteiger partial charge in [-0.15, -0.1) is 0 Å². The first-order chi connectivity index (χ1) is 34.6. The molecule has 0 radical (unpaired) electrons. The van der Waals surface area contributed by atoms with Gasteiger partial charge in [0, 0.05) is 49.6 Å². The zero-order chi connectivity index (χ0) is 49.8. The molecule has 0 amide bonds. The van der Waals surface area contributed by atoms with E-state index in [1.807, 2.05) is 114 Å². The van der Waals surface area contributed by atoms with Crippen LogP contribution in [0.3, 0.4) is 0 Å². The molecule has 1 aliphatic carbocycles. The van der Waals surface area contributed by atoms with Gasteiger partial charge in [-0.1, -0.05) is 105 Å². The summed E-state index contributed by atoms with van der Waals surface area (Å²) in [6.45, 7) is 10.2. The number of anilines is 6. The minimum Gasteiger partial charge on any atom is -0.454 e. The van der Waals surface area contributed by atoms with Crippen LogP contribution in [-0.2, 0) is 17.8 Å². The van der Waals surface area contributed by atoms with Gasteiger partial charge in [0.15, 0.2) is 11.2 Å². The van der Waals surface area contributed by atoms with Crippen LogP contribution in [0.15, 0.2) is 197 Å². The number of allylic oxidation sites excluding steroid dienone is 2. The highest BCUT2D eigenvalue weighted by Gasteiger charge is 2.39. The van der Waals surface area contributed by atoms with Gasteiger partial charge in [-0.2, -0.15) is 26.3 Å². The Morgan fingerprint density at radius 2 is 1.07 bits per heavy atom. The van der Waals surface area contributed by atoms with E-state index in [2.05, 4.69) is 50.8 Å². The van der Waals surface area contributed by atoms with Crippen molar-refractivity contribution in [3.8, 4) is 11.1 Å². The lowest BCUT2D eigenvalue weighted by Crippen LogP contribution is -2.17. The van der Waals surface area contributed by atoms with Crippen LogP contribution in [0.2, 0.25) is 0 Å². The number of nitrogens with zero attached hydrogens (tertiary/aromatic N) is 2. The molecule has 2 aromatic heterocycles. The monoisotopic (exact) mass is 960 g/mol. The predicted octanol–water partition coefficient (Wildman–Crippen LogP) is 19.4. The third kappa shape index (κ3) is 7.06. The summed E-state index contributed by atoms with van der Waals surface area (Å²) >= 11 is 0. The number of benzene rings is 9. The summed E-state index contributed by atoms with van der Waals surface area (Å²) in [6.07, 6.45) is -3.73. The third-order valence-corrected chi connectivity index (χ3v) is 14.2. The number of para-hydroxylation sites is 3. The second-order valence-electron chi connectivity index (χ2n) is 18.8. The maximum Gasteiger partial charge on any atom is 0.416 e. The van der Waals surface area contributed by atoms with Gasteiger partial charge in [-0.3, -0.25) is 0 Å². The Hall–Kier alpha value is -8.50. The van der Waals surface area contributed by atoms with Crippen molar-refractivity contribution >= 4 is 94.7 Å². The zero-order valence-corrected chi connectivity index (χ0v) is 39.1. The van der Waals surface area contributed by atoms with E-state index < -0.39 is 28.9 Å². The minimum absolute atomic E-state index is 0.514. The van der Waals surface area contributed by atoms with Crippen molar-refractivity contribution in [2.24, 2.45) is 0 Å². The van der Waals surface area contributed by atoms with Crippen LogP contribution in [0.1, 0.15) is 47.4 Å². The lowest BCUT2D eigenvalue weighted by Gasteiger charge is -2.30. The highest BCUT2D eigenvalue weighted by Crippen LogP contribution is 2.56. The molecular formula is C62H42F6N2O2. The SMILES string of the molecule is C=C/C=C\c1oc2c(N(c3ccc(C(F)(F)F)cc3)c3cc4c(c5ccccc35)-c3cc5ccc(N(c6ccc(C(F)(F)F)cc6)c6cccc7c6oc6ccccc67)cc5cc3C4(C)C)cccc2c1C. The number of aryl methyl sites for hydroxylation is 1. The number of rotatable bonds is 8. The molecule has 72 heavy (non-hydrogen) atoms. The molecule has 0 saturated carbocycles. The van der Waals surface area contributed by atoms with Crippen molar-refractivity contribution in [2.75, 3.05) is 9.80 Å². The van der Waals surface area contributed by atoms with Crippen LogP contribution >= 0.6 is 0 Å². The summed E-state index contributed by atoms with van der Waals surface area (Å²) in [7, 11) is 0. The molecule has 0 aliphatic heterocycles. The molecule has 354 valence electrons. The van der Waals surface area contributed by atoms with Crippen molar-refractivity contribution in [3.05, 3.63) is 222 Å². The number of halogens is 6. The number of alkyl halides is 6. The smallest absolute Gasteiger partial charge is 0.416 e. The molecule has 9 aromatic carbocycles. The topological polar surface area (TPSA) is 32.8 Å². The molecule has 0 saturated heterocycles. The normalized spacial score (nSPS) is 13.5. The molecular weight excluding hydrogens is 919 g/mol. The summed E-state index contributed by atoms with van der Waals surface area (Å²) in [5.41, 5.74) is 8.71. The van der Waals surface area contributed by atoms with Gasteiger partial charge < -0.3 is 18.6 Å². The summed E-state index contributed by atoms with van der Waals surface area (Å²) in [5, 5.41) is 6.39. The maximum absolute atomic E-state index is 14.1. The molecule has 12 rings (SSSR count). The first-order valence-electron chi connectivity index (χ1n) is 23.4. The molecule has 1 aliphatic rings. The fraction of sp³-hybridized carbons (Fsp3) is 0.0968. The largest absolute Gasteiger partial charge is 0.454 e. The van der Waals surface area contributed by atoms with E-state index in [1.54, 1.807) is 12.2 Å². The first kappa shape index (κ1) is 44.7. The Bertz CT molecular complexity index is 4030. The Morgan fingerprint density at radius 3 is 1.74 bits per heavy atom. The number of hydrogen-bond donors (Lipinski definition) is 0. The molecule has 0 spiro atoms. The minimum atomic E-state index is -4.53. The molecule has 11 aromatic rings. The van der Waals surface area contributed by atoms with Gasteiger partial charge in [-0.05, 0) is 148 Å². The summed E-state index contributed by atoms with van der Waals surface area (Å²) in [4.78, 5) is 3.93. The van der Waals surface area contributed by atoms with Crippen molar-refractivity contribution in [2.45, 2.75) is 38.5 Å². The lowest BCUT2D eigenvalue weighted by atomic mass is 9.81. The predicted molar refractivity (Wildman–Crippen MR) is 279 cm³/mol. The Balaban J connectivity index is 1.05. The number of fused-ring (bicyclic) bond motifs is 10. The molecule has 0 bridgehead atoms. The van der Waals surface area contributed by atoms with Gasteiger partial charge >= 0.3 is 12.4 Å². The van der Waals surface area contributed by atoms with E-state index in [1.165, 1.54) is 24.3 Å². The fourth-order valence-corrected chi connectivity index (χ4v) is 10.7. The summed E-state index contributed by atoms with van der Waals surface area (Å²) in [6, 6.07) is 50.6. The third-order valence-electron chi connectivity index (χ3n) is 14.2. The maximum atomic E-state index is 14.1. The van der Waals surface area contributed by atoms with Gasteiger partial charge in [0.05, 0.1) is 28.2 Å². The quantitative estimate of drug-likeness (QED) is 0.112. The van der Waals surface area contributed by atoms with Gasteiger partial charge in [-0.25, -0.2) is 0 Å². The molecule has 0 unspecified atom stereocenters. The van der Waals surface area contributed by atoms with E-state index in [0.717, 1.165) is 95.5 Å². The molecule has 0 N–H and O–H groups in total. The molecule has 4 nitrogen and oxygen atoms in total. The lowest BCUT2D eigenvalue weighted by molar-refractivity contribution is -0.138. The van der Waals surface area contributed by atoms with Crippen molar-refractivity contribution in [1.82, 2.24) is 0 Å². The fourth-order valence-electron chi connectivity index (χ4n) is 10.7. The Kier molecular flexibility index (Phi) is 10.1. The van der Waals surface area contributed by atoms with Gasteiger partial charge in [0.2, 0.25) is 0 Å². The molecule has 10 heteroatoms. The van der Waals surface area contributed by atoms with E-state index in [9.17, 15) is 26.3 Å². The second-order valence-corrected chi connectivity index (χ2v) is 18.8. The molecule has 0 atom stereocenters. The Labute approximate surface area is 409 Å². The highest BCUT2D eigenvalue weighted by atomic mass is 19.4. The second kappa shape index (κ2) is 16.3. The van der Waals surface area contributed by atoms with Gasteiger partial charge in [0.1, 0.15) is 11.3 Å². The van der Waals surface area contributed by atoms with E-state index >= 15 is 0 Å². The zero-order valence-electron chi connectivity index (χ0n) is 39.1. The summed E-state index contributed by atoms with van der Waals surface area (Å²) in [5.74, 6) is 0.643. The van der Waals surface area contributed by atoms with E-state index in [4.69, 9.17) is 8.83 Å². The average molecular weight is 961 g/mol. The average Bonchev–Trinajstić information content (AvgIpc) is 3.99. The van der Waals surface area contributed by atoms with Crippen LogP contribution in [-0.4, -0.2) is 0 Å². The van der Waals surface area contributed by atoms with E-state index in [-0.39, 0.29) is 0 Å². The highest BCUT2D eigenvalue weighted by molar-refractivity contribution is 6.13. The summed E-state index contributed by atoms with van der Waals surface area (Å²) < 4.78 is 97.1. The van der Waals surface area contributed by atoms with Crippen LogP contribution < -0.4 is 9.80 Å². The molecule has 2 heterocycles. The van der Waals surface area contributed by atoms with Crippen LogP contribution in [0, 0.1) is 6.92 Å². The number of furan rings is 2. The van der Waals surface area contributed by atoms with Crippen molar-refractivity contribution in [3.63, 3.8) is 0 Å². The van der Waals surface area contributed by atoms with E-state index in [0.29, 0.717) is 50.9 Å². The number of hydrogen-bond acceptors (Lipinski definition) is 4. The van der Waals surface area contributed by atoms with Crippen molar-refractivity contribution in [1.29, 1.82) is 0 Å².